The minimum absolute atomic E-state index is 0.132. The van der Waals surface area contributed by atoms with Gasteiger partial charge in [0.15, 0.2) is 8.03 Å². The molecule has 3 atom stereocenters. The van der Waals surface area contributed by atoms with Crippen LogP contribution in [0.3, 0.4) is 0 Å². The SMILES string of the molecule is C#COC(=O)CC(O)C(c1c(-c2cc(C)cc(C)c2)cc(-c2ccccc2)nc1C(C)C)[PH](=O)O. The molecule has 0 radical (unpaired) electrons. The molecule has 2 N–H and O–H groups in total. The molecule has 3 unspecified atom stereocenters. The first-order valence-electron chi connectivity index (χ1n) is 11.4. The maximum absolute atomic E-state index is 12.7. The van der Waals surface area contributed by atoms with Crippen molar-refractivity contribution in [2.75, 3.05) is 0 Å². The zero-order chi connectivity index (χ0) is 25.7. The summed E-state index contributed by atoms with van der Waals surface area (Å²) in [5, 5.41) is 11.0. The van der Waals surface area contributed by atoms with Gasteiger partial charge in [0.1, 0.15) is 6.11 Å². The van der Waals surface area contributed by atoms with Crippen molar-refractivity contribution in [1.82, 2.24) is 4.98 Å². The van der Waals surface area contributed by atoms with Gasteiger partial charge in [-0.1, -0.05) is 79.9 Å². The van der Waals surface area contributed by atoms with Crippen molar-refractivity contribution in [1.29, 1.82) is 0 Å². The smallest absolute Gasteiger partial charge is 0.322 e. The Morgan fingerprint density at radius 2 is 1.71 bits per heavy atom. The van der Waals surface area contributed by atoms with Crippen molar-refractivity contribution >= 4 is 14.0 Å². The molecule has 1 aromatic heterocycles. The van der Waals surface area contributed by atoms with Crippen LogP contribution < -0.4 is 0 Å². The molecule has 0 saturated carbocycles. The van der Waals surface area contributed by atoms with Crippen LogP contribution in [0, 0.1) is 26.4 Å². The standard InChI is InChI=1S/C28H30NO5P/c1-6-34-25(31)16-24(30)28(35(32)33)26-22(21-13-18(4)12-19(5)14-21)15-23(29-27(26)17(2)3)20-10-8-7-9-11-20/h1,7-15,17,24,28,30,35H,16H2,2-5H3,(H,32,33). The number of pyridine rings is 1. The van der Waals surface area contributed by atoms with Gasteiger partial charge < -0.3 is 14.7 Å². The molecule has 0 aliphatic rings. The molecule has 182 valence electrons. The quantitative estimate of drug-likeness (QED) is 0.244. The summed E-state index contributed by atoms with van der Waals surface area (Å²) < 4.78 is 17.3. The van der Waals surface area contributed by atoms with Crippen molar-refractivity contribution in [2.45, 2.75) is 51.8 Å². The molecular weight excluding hydrogens is 461 g/mol. The summed E-state index contributed by atoms with van der Waals surface area (Å²) in [6.07, 6.45) is 4.80. The van der Waals surface area contributed by atoms with E-state index in [4.69, 9.17) is 11.4 Å². The van der Waals surface area contributed by atoms with Gasteiger partial charge in [0.05, 0.1) is 23.9 Å². The topological polar surface area (TPSA) is 96.7 Å². The van der Waals surface area contributed by atoms with Gasteiger partial charge in [-0.3, -0.25) is 14.3 Å². The summed E-state index contributed by atoms with van der Waals surface area (Å²) in [5.41, 5.74) is 5.00. The number of ether oxygens (including phenoxy) is 1. The molecule has 0 fully saturated rings. The molecular formula is C28H30NO5P. The Bertz CT molecular complexity index is 1260. The third-order valence-corrected chi connectivity index (χ3v) is 6.95. The van der Waals surface area contributed by atoms with E-state index in [0.29, 0.717) is 22.5 Å². The van der Waals surface area contributed by atoms with Gasteiger partial charge in [-0.25, -0.2) is 0 Å². The molecule has 0 saturated heterocycles. The van der Waals surface area contributed by atoms with Crippen LogP contribution in [0.15, 0.2) is 54.6 Å². The van der Waals surface area contributed by atoms with Gasteiger partial charge in [-0.2, -0.15) is 0 Å². The molecule has 7 heteroatoms. The van der Waals surface area contributed by atoms with Gasteiger partial charge >= 0.3 is 5.97 Å². The highest BCUT2D eigenvalue weighted by atomic mass is 31.1. The molecule has 2 aromatic carbocycles. The predicted octanol–water partition coefficient (Wildman–Crippen LogP) is 5.55. The fourth-order valence-electron chi connectivity index (χ4n) is 4.34. The van der Waals surface area contributed by atoms with E-state index in [1.165, 1.54) is 0 Å². The number of carbonyl (C=O) groups is 1. The molecule has 0 amide bonds. The summed E-state index contributed by atoms with van der Waals surface area (Å²) in [6.45, 7) is 7.85. The second-order valence-corrected chi connectivity index (χ2v) is 10.2. The van der Waals surface area contributed by atoms with Crippen LogP contribution in [0.25, 0.3) is 22.4 Å². The average molecular weight is 492 g/mol. The van der Waals surface area contributed by atoms with Crippen molar-refractivity contribution in [3.05, 3.63) is 77.0 Å². The lowest BCUT2D eigenvalue weighted by atomic mass is 9.87. The minimum atomic E-state index is -3.36. The third kappa shape index (κ3) is 6.26. The van der Waals surface area contributed by atoms with Crippen LogP contribution in [0.4, 0.5) is 0 Å². The molecule has 6 nitrogen and oxygen atoms in total. The number of aliphatic hydroxyl groups is 1. The molecule has 3 rings (SSSR count). The number of aryl methyl sites for hydroxylation is 2. The number of rotatable bonds is 8. The van der Waals surface area contributed by atoms with E-state index in [-0.39, 0.29) is 5.92 Å². The zero-order valence-electron chi connectivity index (χ0n) is 20.3. The number of esters is 1. The number of aromatic nitrogens is 1. The molecule has 0 spiro atoms. The van der Waals surface area contributed by atoms with Crippen molar-refractivity contribution in [3.63, 3.8) is 0 Å². The normalized spacial score (nSPS) is 13.7. The maximum atomic E-state index is 12.7. The molecule has 0 aliphatic carbocycles. The van der Waals surface area contributed by atoms with Crippen molar-refractivity contribution in [3.8, 4) is 34.9 Å². The Labute approximate surface area is 206 Å². The first-order chi connectivity index (χ1) is 16.6. The Morgan fingerprint density at radius 3 is 2.26 bits per heavy atom. The molecule has 1 heterocycles. The number of aliphatic hydroxyl groups excluding tert-OH is 1. The number of hydrogen-bond acceptors (Lipinski definition) is 5. The van der Waals surface area contributed by atoms with Crippen LogP contribution in [-0.4, -0.2) is 27.1 Å². The van der Waals surface area contributed by atoms with E-state index in [2.05, 4.69) is 4.74 Å². The predicted molar refractivity (Wildman–Crippen MR) is 138 cm³/mol. The van der Waals surface area contributed by atoms with Gasteiger partial charge in [-0.15, -0.1) is 0 Å². The summed E-state index contributed by atoms with van der Waals surface area (Å²) in [6, 6.07) is 17.6. The van der Waals surface area contributed by atoms with Crippen LogP contribution in [-0.2, 0) is 14.1 Å². The lowest BCUT2D eigenvalue weighted by Gasteiger charge is -2.27. The summed E-state index contributed by atoms with van der Waals surface area (Å²) in [7, 11) is -3.36. The van der Waals surface area contributed by atoms with Crippen LogP contribution in [0.2, 0.25) is 0 Å². The number of benzene rings is 2. The van der Waals surface area contributed by atoms with Crippen molar-refractivity contribution in [2.24, 2.45) is 0 Å². The van der Waals surface area contributed by atoms with E-state index in [0.717, 1.165) is 22.3 Å². The summed E-state index contributed by atoms with van der Waals surface area (Å²) in [4.78, 5) is 27.3. The number of hydrogen-bond donors (Lipinski definition) is 2. The van der Waals surface area contributed by atoms with E-state index in [9.17, 15) is 19.4 Å². The van der Waals surface area contributed by atoms with Crippen molar-refractivity contribution < 1.29 is 24.1 Å². The Hall–Kier alpha value is -3.23. The fourth-order valence-corrected chi connectivity index (χ4v) is 5.34. The van der Waals surface area contributed by atoms with Crippen LogP contribution in [0.1, 0.15) is 54.2 Å². The lowest BCUT2D eigenvalue weighted by Crippen LogP contribution is -2.23. The van der Waals surface area contributed by atoms with Gasteiger partial charge in [0, 0.05) is 11.3 Å². The second kappa shape index (κ2) is 11.5. The molecule has 35 heavy (non-hydrogen) atoms. The number of nitrogens with zero attached hydrogens (tertiary/aromatic N) is 1. The minimum Gasteiger partial charge on any atom is -0.391 e. The summed E-state index contributed by atoms with van der Waals surface area (Å²) in [5.74, 6) is -0.979. The van der Waals surface area contributed by atoms with Crippen LogP contribution in [0.5, 0.6) is 0 Å². The van der Waals surface area contributed by atoms with E-state index in [1.54, 1.807) is 6.11 Å². The van der Waals surface area contributed by atoms with E-state index in [1.807, 2.05) is 82.3 Å². The lowest BCUT2D eigenvalue weighted by molar-refractivity contribution is -0.139. The summed E-state index contributed by atoms with van der Waals surface area (Å²) >= 11 is 0. The molecule has 0 bridgehead atoms. The first kappa shape index (κ1) is 26.4. The zero-order valence-corrected chi connectivity index (χ0v) is 21.3. The Kier molecular flexibility index (Phi) is 8.64. The highest BCUT2D eigenvalue weighted by Crippen LogP contribution is 2.48. The Morgan fingerprint density at radius 1 is 1.09 bits per heavy atom. The first-order valence-corrected chi connectivity index (χ1v) is 12.8. The van der Waals surface area contributed by atoms with Crippen LogP contribution >= 0.6 is 8.03 Å². The number of carbonyl (C=O) groups excluding carboxylic acids is 1. The third-order valence-electron chi connectivity index (χ3n) is 5.75. The highest BCUT2D eigenvalue weighted by molar-refractivity contribution is 7.38. The molecule has 0 aliphatic heterocycles. The van der Waals surface area contributed by atoms with E-state index >= 15 is 0 Å². The molecule has 3 aromatic rings. The second-order valence-electron chi connectivity index (χ2n) is 8.93. The monoisotopic (exact) mass is 491 g/mol. The van der Waals surface area contributed by atoms with Gasteiger partial charge in [-0.05, 0) is 42.5 Å². The Balaban J connectivity index is 2.35. The fraction of sp³-hybridized carbons (Fsp3) is 0.286. The largest absolute Gasteiger partial charge is 0.391 e. The average Bonchev–Trinajstić information content (AvgIpc) is 2.78. The van der Waals surface area contributed by atoms with Gasteiger partial charge in [0.25, 0.3) is 0 Å². The number of terminal acetylenes is 1. The van der Waals surface area contributed by atoms with Gasteiger partial charge in [0.2, 0.25) is 0 Å². The maximum Gasteiger partial charge on any atom is 0.322 e. The van der Waals surface area contributed by atoms with E-state index < -0.39 is 32.2 Å². The highest BCUT2D eigenvalue weighted by Gasteiger charge is 2.34.